The van der Waals surface area contributed by atoms with E-state index in [1.54, 1.807) is 7.11 Å². The van der Waals surface area contributed by atoms with Crippen LogP contribution in [-0.4, -0.2) is 55.0 Å². The van der Waals surface area contributed by atoms with Gasteiger partial charge in [0.2, 0.25) is 0 Å². The number of nitrogens with zero attached hydrogens (tertiary/aromatic N) is 4. The number of hydrogen-bond acceptors (Lipinski definition) is 4. The average Bonchev–Trinajstić information content (AvgIpc) is 3.29. The number of methoxy groups -OCH3 is 1. The Kier molecular flexibility index (Phi) is 6.31. The van der Waals surface area contributed by atoms with Crippen molar-refractivity contribution in [2.45, 2.75) is 18.9 Å². The molecule has 1 fully saturated rings. The molecule has 1 saturated heterocycles. The van der Waals surface area contributed by atoms with E-state index >= 15 is 0 Å². The number of likely N-dealkylation sites (tertiary alicyclic amines) is 1. The number of nitrogens with one attached hydrogen (secondary N) is 1. The van der Waals surface area contributed by atoms with Crippen LogP contribution in [-0.2, 0) is 0 Å². The molecule has 4 aromatic rings. The number of rotatable bonds is 5. The van der Waals surface area contributed by atoms with Gasteiger partial charge in [0.1, 0.15) is 11.4 Å². The van der Waals surface area contributed by atoms with Gasteiger partial charge in [0, 0.05) is 49.5 Å². The molecule has 7 nitrogen and oxygen atoms in total. The summed E-state index contributed by atoms with van der Waals surface area (Å²) >= 11 is 0. The molecule has 2 amide bonds. The Morgan fingerprint density at radius 2 is 1.89 bits per heavy atom. The van der Waals surface area contributed by atoms with E-state index in [0.29, 0.717) is 6.54 Å². The smallest absolute Gasteiger partial charge is 0.321 e. The van der Waals surface area contributed by atoms with Crippen LogP contribution >= 0.6 is 0 Å². The zero-order chi connectivity index (χ0) is 24.4. The fourth-order valence-electron chi connectivity index (χ4n) is 4.75. The van der Waals surface area contributed by atoms with Crippen molar-refractivity contribution in [2.75, 3.05) is 44.5 Å². The highest BCUT2D eigenvalue weighted by Gasteiger charge is 2.27. The SMILES string of the molecule is COc1cccc(-c2nn(C3CCCN(C(=O)Nc4cccc(N(C)C)c4)C3)c3ccccc23)c1. The number of amides is 2. The zero-order valence-corrected chi connectivity index (χ0v) is 20.4. The average molecular weight is 470 g/mol. The summed E-state index contributed by atoms with van der Waals surface area (Å²) in [7, 11) is 5.66. The van der Waals surface area contributed by atoms with Gasteiger partial charge in [-0.25, -0.2) is 4.79 Å². The van der Waals surface area contributed by atoms with Crippen molar-refractivity contribution >= 4 is 28.3 Å². The Balaban J connectivity index is 1.40. The van der Waals surface area contributed by atoms with Crippen LogP contribution in [0.15, 0.2) is 72.8 Å². The summed E-state index contributed by atoms with van der Waals surface area (Å²) in [5.41, 5.74) is 4.88. The van der Waals surface area contributed by atoms with E-state index in [1.165, 1.54) is 0 Å². The third kappa shape index (κ3) is 4.67. The van der Waals surface area contributed by atoms with E-state index in [4.69, 9.17) is 9.84 Å². The molecule has 0 saturated carbocycles. The van der Waals surface area contributed by atoms with Crippen LogP contribution in [0.5, 0.6) is 5.75 Å². The molecule has 1 N–H and O–H groups in total. The topological polar surface area (TPSA) is 62.6 Å². The number of ether oxygens (including phenoxy) is 1. The number of carbonyl (C=O) groups is 1. The van der Waals surface area contributed by atoms with E-state index in [1.807, 2.05) is 78.5 Å². The molecule has 0 aliphatic carbocycles. The van der Waals surface area contributed by atoms with Crippen LogP contribution in [0, 0.1) is 0 Å². The fraction of sp³-hybridized carbons (Fsp3) is 0.286. The molecule has 5 rings (SSSR count). The number of anilines is 2. The quantitative estimate of drug-likeness (QED) is 0.410. The predicted octanol–water partition coefficient (Wildman–Crippen LogP) is 5.65. The van der Waals surface area contributed by atoms with E-state index in [9.17, 15) is 4.79 Å². The highest BCUT2D eigenvalue weighted by Crippen LogP contribution is 2.33. The summed E-state index contributed by atoms with van der Waals surface area (Å²) < 4.78 is 7.54. The minimum Gasteiger partial charge on any atom is -0.497 e. The molecule has 1 unspecified atom stereocenters. The minimum absolute atomic E-state index is 0.0740. The van der Waals surface area contributed by atoms with E-state index in [2.05, 4.69) is 28.2 Å². The first-order valence-electron chi connectivity index (χ1n) is 12.0. The van der Waals surface area contributed by atoms with Crippen molar-refractivity contribution < 1.29 is 9.53 Å². The molecule has 1 aliphatic heterocycles. The van der Waals surface area contributed by atoms with Gasteiger partial charge in [0.25, 0.3) is 0 Å². The molecule has 0 spiro atoms. The van der Waals surface area contributed by atoms with Crippen LogP contribution in [0.25, 0.3) is 22.2 Å². The summed E-state index contributed by atoms with van der Waals surface area (Å²) in [6.07, 6.45) is 1.90. The van der Waals surface area contributed by atoms with Crippen molar-refractivity contribution in [2.24, 2.45) is 0 Å². The second-order valence-electron chi connectivity index (χ2n) is 9.16. The van der Waals surface area contributed by atoms with Gasteiger partial charge in [0.15, 0.2) is 0 Å². The molecule has 0 bridgehead atoms. The van der Waals surface area contributed by atoms with Crippen molar-refractivity contribution in [1.29, 1.82) is 0 Å². The summed E-state index contributed by atoms with van der Waals surface area (Å²) in [5, 5.41) is 9.24. The Morgan fingerprint density at radius 3 is 2.71 bits per heavy atom. The Labute approximate surface area is 205 Å². The van der Waals surface area contributed by atoms with E-state index in [-0.39, 0.29) is 12.1 Å². The number of fused-ring (bicyclic) bond motifs is 1. The Bertz CT molecular complexity index is 1350. The van der Waals surface area contributed by atoms with Crippen LogP contribution in [0.3, 0.4) is 0 Å². The molecule has 2 heterocycles. The molecular weight excluding hydrogens is 438 g/mol. The number of piperidine rings is 1. The Hall–Kier alpha value is -4.00. The number of para-hydroxylation sites is 1. The van der Waals surface area contributed by atoms with Crippen molar-refractivity contribution in [3.63, 3.8) is 0 Å². The van der Waals surface area contributed by atoms with Gasteiger partial charge < -0.3 is 19.9 Å². The van der Waals surface area contributed by atoms with Gasteiger partial charge in [-0.3, -0.25) is 4.68 Å². The van der Waals surface area contributed by atoms with Crippen molar-refractivity contribution in [1.82, 2.24) is 14.7 Å². The maximum atomic E-state index is 13.1. The van der Waals surface area contributed by atoms with Crippen molar-refractivity contribution in [3.8, 4) is 17.0 Å². The highest BCUT2D eigenvalue weighted by molar-refractivity contribution is 5.94. The van der Waals surface area contributed by atoms with Gasteiger partial charge >= 0.3 is 6.03 Å². The number of benzene rings is 3. The molecule has 1 atom stereocenters. The molecule has 180 valence electrons. The maximum absolute atomic E-state index is 13.1. The molecule has 35 heavy (non-hydrogen) atoms. The third-order valence-electron chi connectivity index (χ3n) is 6.60. The lowest BCUT2D eigenvalue weighted by molar-refractivity contribution is 0.176. The van der Waals surface area contributed by atoms with Gasteiger partial charge in [-0.15, -0.1) is 0 Å². The monoisotopic (exact) mass is 469 g/mol. The largest absolute Gasteiger partial charge is 0.497 e. The van der Waals surface area contributed by atoms with Gasteiger partial charge in [0.05, 0.1) is 18.7 Å². The summed E-state index contributed by atoms with van der Waals surface area (Å²) in [5.74, 6) is 0.806. The first kappa shape index (κ1) is 22.8. The Morgan fingerprint density at radius 1 is 1.06 bits per heavy atom. The number of carbonyl (C=O) groups excluding carboxylic acids is 1. The number of urea groups is 1. The number of aromatic nitrogens is 2. The molecule has 1 aliphatic rings. The normalized spacial score (nSPS) is 15.7. The summed E-state index contributed by atoms with van der Waals surface area (Å²) in [6.45, 7) is 1.35. The minimum atomic E-state index is -0.0740. The molecule has 3 aromatic carbocycles. The van der Waals surface area contributed by atoms with Gasteiger partial charge in [-0.1, -0.05) is 36.4 Å². The van der Waals surface area contributed by atoms with Crippen LogP contribution in [0.2, 0.25) is 0 Å². The standard InChI is InChI=1S/C28H31N5O2/c1-31(2)22-11-7-10-21(18-22)29-28(34)32-16-8-12-23(19-32)33-26-15-5-4-14-25(26)27(30-33)20-9-6-13-24(17-20)35-3/h4-7,9-11,13-15,17-18,23H,8,12,16,19H2,1-3H3,(H,29,34). The van der Waals surface area contributed by atoms with Gasteiger partial charge in [-0.2, -0.15) is 5.10 Å². The zero-order valence-electron chi connectivity index (χ0n) is 20.4. The lowest BCUT2D eigenvalue weighted by Gasteiger charge is -2.33. The predicted molar refractivity (Wildman–Crippen MR) is 141 cm³/mol. The highest BCUT2D eigenvalue weighted by atomic mass is 16.5. The number of hydrogen-bond donors (Lipinski definition) is 1. The molecular formula is C28H31N5O2. The van der Waals surface area contributed by atoms with E-state index in [0.717, 1.165) is 58.7 Å². The lowest BCUT2D eigenvalue weighted by Crippen LogP contribution is -2.43. The van der Waals surface area contributed by atoms with Crippen molar-refractivity contribution in [3.05, 3.63) is 72.8 Å². The second-order valence-corrected chi connectivity index (χ2v) is 9.16. The first-order valence-corrected chi connectivity index (χ1v) is 12.0. The fourth-order valence-corrected chi connectivity index (χ4v) is 4.75. The van der Waals surface area contributed by atoms with Crippen LogP contribution < -0.4 is 15.0 Å². The van der Waals surface area contributed by atoms with Crippen LogP contribution in [0.1, 0.15) is 18.9 Å². The first-order chi connectivity index (χ1) is 17.0. The second kappa shape index (κ2) is 9.70. The van der Waals surface area contributed by atoms with E-state index < -0.39 is 0 Å². The van der Waals surface area contributed by atoms with Crippen LogP contribution in [0.4, 0.5) is 16.2 Å². The van der Waals surface area contributed by atoms with Gasteiger partial charge in [-0.05, 0) is 49.2 Å². The molecule has 1 aromatic heterocycles. The molecule has 7 heteroatoms. The maximum Gasteiger partial charge on any atom is 0.321 e. The molecule has 0 radical (unpaired) electrons. The lowest BCUT2D eigenvalue weighted by atomic mass is 10.1. The summed E-state index contributed by atoms with van der Waals surface area (Å²) in [6, 6.07) is 24.2. The summed E-state index contributed by atoms with van der Waals surface area (Å²) in [4.78, 5) is 17.1. The third-order valence-corrected chi connectivity index (χ3v) is 6.60.